The van der Waals surface area contributed by atoms with E-state index in [2.05, 4.69) is 15.3 Å². The van der Waals surface area contributed by atoms with Crippen LogP contribution >= 0.6 is 0 Å². The van der Waals surface area contributed by atoms with Crippen LogP contribution in [0.3, 0.4) is 0 Å². The molecule has 0 spiro atoms. The average molecular weight is 289 g/mol. The molecule has 0 saturated carbocycles. The first kappa shape index (κ1) is 14.7. The van der Waals surface area contributed by atoms with Crippen LogP contribution < -0.4 is 15.8 Å². The Bertz CT molecular complexity index is 630. The summed E-state index contributed by atoms with van der Waals surface area (Å²) in [5.74, 6) is 0.0470. The lowest BCUT2D eigenvalue weighted by molar-refractivity contribution is -0.385. The molecule has 3 N–H and O–H groups in total. The number of aromatic nitrogens is 2. The SMILES string of the molecule is COc1ncnc(NCc2ccc(CN)cc2)c1[N+](=O)[O-]. The van der Waals surface area contributed by atoms with E-state index in [1.807, 2.05) is 24.3 Å². The second-order valence-electron chi connectivity index (χ2n) is 4.21. The van der Waals surface area contributed by atoms with Crippen molar-refractivity contribution >= 4 is 11.5 Å². The third-order valence-electron chi connectivity index (χ3n) is 2.88. The fourth-order valence-corrected chi connectivity index (χ4v) is 1.78. The number of rotatable bonds is 6. The molecule has 0 aliphatic carbocycles. The molecule has 0 unspecified atom stereocenters. The van der Waals surface area contributed by atoms with E-state index in [4.69, 9.17) is 10.5 Å². The molecule has 21 heavy (non-hydrogen) atoms. The fraction of sp³-hybridized carbons (Fsp3) is 0.231. The number of hydrogen-bond acceptors (Lipinski definition) is 7. The topological polar surface area (TPSA) is 116 Å². The van der Waals surface area contributed by atoms with Crippen molar-refractivity contribution in [1.82, 2.24) is 9.97 Å². The van der Waals surface area contributed by atoms with Gasteiger partial charge in [-0.2, -0.15) is 4.98 Å². The summed E-state index contributed by atoms with van der Waals surface area (Å²) in [6.45, 7) is 0.869. The molecule has 8 heteroatoms. The summed E-state index contributed by atoms with van der Waals surface area (Å²) in [5, 5.41) is 14.0. The highest BCUT2D eigenvalue weighted by Gasteiger charge is 2.23. The third kappa shape index (κ3) is 3.42. The van der Waals surface area contributed by atoms with Crippen molar-refractivity contribution in [2.45, 2.75) is 13.1 Å². The lowest BCUT2D eigenvalue weighted by Crippen LogP contribution is -2.07. The van der Waals surface area contributed by atoms with Gasteiger partial charge in [0.15, 0.2) is 0 Å². The first-order chi connectivity index (χ1) is 10.2. The van der Waals surface area contributed by atoms with Gasteiger partial charge in [0.05, 0.1) is 12.0 Å². The zero-order chi connectivity index (χ0) is 15.2. The number of ether oxygens (including phenoxy) is 1. The first-order valence-electron chi connectivity index (χ1n) is 6.21. The second kappa shape index (κ2) is 6.62. The van der Waals surface area contributed by atoms with Crippen LogP contribution in [0.2, 0.25) is 0 Å². The van der Waals surface area contributed by atoms with Gasteiger partial charge < -0.3 is 15.8 Å². The molecule has 0 aliphatic rings. The summed E-state index contributed by atoms with van der Waals surface area (Å²) in [6.07, 6.45) is 1.21. The van der Waals surface area contributed by atoms with Crippen LogP contribution in [-0.2, 0) is 13.1 Å². The molecule has 0 bridgehead atoms. The van der Waals surface area contributed by atoms with E-state index >= 15 is 0 Å². The quantitative estimate of drug-likeness (QED) is 0.610. The zero-order valence-electron chi connectivity index (χ0n) is 11.4. The van der Waals surface area contributed by atoms with Gasteiger partial charge in [-0.3, -0.25) is 10.1 Å². The smallest absolute Gasteiger partial charge is 0.372 e. The normalized spacial score (nSPS) is 10.2. The van der Waals surface area contributed by atoms with Gasteiger partial charge in [0, 0.05) is 13.1 Å². The standard InChI is InChI=1S/C13H15N5O3/c1-21-13-11(18(19)20)12(16-8-17-13)15-7-10-4-2-9(6-14)3-5-10/h2-5,8H,6-7,14H2,1H3,(H,15,16,17). The highest BCUT2D eigenvalue weighted by Crippen LogP contribution is 2.30. The summed E-state index contributed by atoms with van der Waals surface area (Å²) < 4.78 is 4.88. The molecule has 110 valence electrons. The minimum absolute atomic E-state index is 0.0732. The molecule has 0 saturated heterocycles. The molecule has 1 heterocycles. The Hall–Kier alpha value is -2.74. The maximum atomic E-state index is 11.1. The molecule has 2 aromatic rings. The van der Waals surface area contributed by atoms with Crippen LogP contribution in [0.25, 0.3) is 0 Å². The first-order valence-corrected chi connectivity index (χ1v) is 6.21. The van der Waals surface area contributed by atoms with E-state index < -0.39 is 4.92 Å². The van der Waals surface area contributed by atoms with Gasteiger partial charge in [-0.25, -0.2) is 4.98 Å². The molecule has 0 fully saturated rings. The number of nitrogens with one attached hydrogen (secondary N) is 1. The van der Waals surface area contributed by atoms with Crippen LogP contribution in [0.4, 0.5) is 11.5 Å². The van der Waals surface area contributed by atoms with Gasteiger partial charge in [-0.05, 0) is 11.1 Å². The van der Waals surface area contributed by atoms with E-state index in [0.29, 0.717) is 13.1 Å². The molecule has 0 aliphatic heterocycles. The molecule has 0 atom stereocenters. The molecule has 8 nitrogen and oxygen atoms in total. The highest BCUT2D eigenvalue weighted by molar-refractivity contribution is 5.61. The summed E-state index contributed by atoms with van der Waals surface area (Å²) in [6, 6.07) is 7.62. The molecular formula is C13H15N5O3. The molecule has 0 amide bonds. The number of nitro groups is 1. The lowest BCUT2D eigenvalue weighted by atomic mass is 10.1. The van der Waals surface area contributed by atoms with Crippen molar-refractivity contribution in [3.05, 3.63) is 51.8 Å². The Kier molecular flexibility index (Phi) is 4.62. The van der Waals surface area contributed by atoms with E-state index in [-0.39, 0.29) is 17.4 Å². The summed E-state index contributed by atoms with van der Waals surface area (Å²) >= 11 is 0. The van der Waals surface area contributed by atoms with E-state index in [9.17, 15) is 10.1 Å². The average Bonchev–Trinajstić information content (AvgIpc) is 2.52. The van der Waals surface area contributed by atoms with E-state index in [1.165, 1.54) is 13.4 Å². The monoisotopic (exact) mass is 289 g/mol. The fourth-order valence-electron chi connectivity index (χ4n) is 1.78. The van der Waals surface area contributed by atoms with Gasteiger partial charge in [-0.15, -0.1) is 0 Å². The molecule has 1 aromatic heterocycles. The maximum absolute atomic E-state index is 11.1. The van der Waals surface area contributed by atoms with Crippen LogP contribution in [0.5, 0.6) is 5.88 Å². The zero-order valence-corrected chi connectivity index (χ0v) is 11.4. The Morgan fingerprint density at radius 3 is 2.52 bits per heavy atom. The van der Waals surface area contributed by atoms with Crippen molar-refractivity contribution in [2.24, 2.45) is 5.73 Å². The Balaban J connectivity index is 2.17. The summed E-state index contributed by atoms with van der Waals surface area (Å²) in [7, 11) is 1.32. The number of nitrogens with two attached hydrogens (primary N) is 1. The van der Waals surface area contributed by atoms with Crippen LogP contribution in [-0.4, -0.2) is 22.0 Å². The number of methoxy groups -OCH3 is 1. The number of anilines is 1. The van der Waals surface area contributed by atoms with Crippen LogP contribution in [0, 0.1) is 10.1 Å². The Morgan fingerprint density at radius 2 is 1.95 bits per heavy atom. The highest BCUT2D eigenvalue weighted by atomic mass is 16.6. The maximum Gasteiger partial charge on any atom is 0.372 e. The minimum Gasteiger partial charge on any atom is -0.476 e. The van der Waals surface area contributed by atoms with Crippen molar-refractivity contribution in [3.8, 4) is 5.88 Å². The van der Waals surface area contributed by atoms with Crippen LogP contribution in [0.15, 0.2) is 30.6 Å². The minimum atomic E-state index is -0.571. The summed E-state index contributed by atoms with van der Waals surface area (Å²) in [5.41, 5.74) is 7.23. The van der Waals surface area contributed by atoms with Gasteiger partial charge >= 0.3 is 5.69 Å². The predicted molar refractivity (Wildman–Crippen MR) is 76.9 cm³/mol. The van der Waals surface area contributed by atoms with Gasteiger partial charge in [-0.1, -0.05) is 24.3 Å². The van der Waals surface area contributed by atoms with Crippen LogP contribution in [0.1, 0.15) is 11.1 Å². The molecule has 1 aromatic carbocycles. The van der Waals surface area contributed by atoms with E-state index in [0.717, 1.165) is 11.1 Å². The third-order valence-corrected chi connectivity index (χ3v) is 2.88. The number of nitrogens with zero attached hydrogens (tertiary/aromatic N) is 3. The van der Waals surface area contributed by atoms with Crippen molar-refractivity contribution in [2.75, 3.05) is 12.4 Å². The van der Waals surface area contributed by atoms with E-state index in [1.54, 1.807) is 0 Å². The molecule has 2 rings (SSSR count). The van der Waals surface area contributed by atoms with Crippen molar-refractivity contribution in [3.63, 3.8) is 0 Å². The lowest BCUT2D eigenvalue weighted by Gasteiger charge is -2.08. The van der Waals surface area contributed by atoms with Gasteiger partial charge in [0.2, 0.25) is 5.82 Å². The largest absolute Gasteiger partial charge is 0.476 e. The number of benzene rings is 1. The molecule has 0 radical (unpaired) electrons. The van der Waals surface area contributed by atoms with Crippen molar-refractivity contribution in [1.29, 1.82) is 0 Å². The van der Waals surface area contributed by atoms with Gasteiger partial charge in [0.25, 0.3) is 5.88 Å². The van der Waals surface area contributed by atoms with Gasteiger partial charge in [0.1, 0.15) is 6.33 Å². The Morgan fingerprint density at radius 1 is 1.29 bits per heavy atom. The molecular weight excluding hydrogens is 274 g/mol. The second-order valence-corrected chi connectivity index (χ2v) is 4.21. The predicted octanol–water partition coefficient (Wildman–Crippen LogP) is 1.46. The van der Waals surface area contributed by atoms with Crippen molar-refractivity contribution < 1.29 is 9.66 Å². The Labute approximate surface area is 121 Å². The summed E-state index contributed by atoms with van der Waals surface area (Å²) in [4.78, 5) is 18.1. The number of hydrogen-bond donors (Lipinski definition) is 2.